The second-order valence-electron chi connectivity index (χ2n) is 6.44. The molecule has 160 valence electrons. The van der Waals surface area contributed by atoms with Gasteiger partial charge < -0.3 is 18.9 Å². The van der Waals surface area contributed by atoms with E-state index in [1.165, 1.54) is 6.21 Å². The zero-order valence-electron chi connectivity index (χ0n) is 17.4. The lowest BCUT2D eigenvalue weighted by Crippen LogP contribution is -2.24. The van der Waals surface area contributed by atoms with Crippen molar-refractivity contribution < 1.29 is 23.7 Å². The molecule has 0 saturated heterocycles. The minimum absolute atomic E-state index is 0.159. The summed E-state index contributed by atoms with van der Waals surface area (Å²) < 4.78 is 21.6. The smallest absolute Gasteiger partial charge is 0.277 e. The van der Waals surface area contributed by atoms with Gasteiger partial charge in [0, 0.05) is 0 Å². The number of carbonyl (C=O) groups is 1. The van der Waals surface area contributed by atoms with Crippen LogP contribution in [0.3, 0.4) is 0 Å². The number of hydrogen-bond acceptors (Lipinski definition) is 6. The maximum atomic E-state index is 11.9. The van der Waals surface area contributed by atoms with Gasteiger partial charge in [-0.05, 0) is 53.6 Å². The molecule has 0 bridgehead atoms. The van der Waals surface area contributed by atoms with Crippen LogP contribution in [0.15, 0.2) is 77.9 Å². The van der Waals surface area contributed by atoms with E-state index < -0.39 is 0 Å². The zero-order valence-corrected chi connectivity index (χ0v) is 17.4. The molecular weight excluding hydrogens is 396 g/mol. The molecule has 1 N–H and O–H groups in total. The first kappa shape index (κ1) is 21.7. The topological polar surface area (TPSA) is 78.4 Å². The Bertz CT molecular complexity index is 1000. The van der Waals surface area contributed by atoms with Crippen LogP contribution in [-0.4, -0.2) is 32.9 Å². The highest BCUT2D eigenvalue weighted by atomic mass is 16.5. The van der Waals surface area contributed by atoms with Crippen LogP contribution in [0.5, 0.6) is 23.0 Å². The van der Waals surface area contributed by atoms with Gasteiger partial charge >= 0.3 is 0 Å². The van der Waals surface area contributed by atoms with Gasteiger partial charge in [-0.15, -0.1) is 0 Å². The van der Waals surface area contributed by atoms with Gasteiger partial charge in [0.2, 0.25) is 0 Å². The fourth-order valence-corrected chi connectivity index (χ4v) is 2.67. The van der Waals surface area contributed by atoms with E-state index in [2.05, 4.69) is 10.5 Å². The van der Waals surface area contributed by atoms with E-state index >= 15 is 0 Å². The molecule has 0 aliphatic heterocycles. The van der Waals surface area contributed by atoms with Gasteiger partial charge in [0.15, 0.2) is 18.1 Å². The van der Waals surface area contributed by atoms with Crippen LogP contribution >= 0.6 is 0 Å². The molecule has 3 aromatic carbocycles. The SMILES string of the molecule is COc1ccc(/C=N\NC(=O)COc2ccc(OCc3ccccc3)cc2)cc1OC. The first-order valence-corrected chi connectivity index (χ1v) is 9.61. The summed E-state index contributed by atoms with van der Waals surface area (Å²) in [5, 5.41) is 3.93. The van der Waals surface area contributed by atoms with E-state index in [-0.39, 0.29) is 12.5 Å². The monoisotopic (exact) mass is 420 g/mol. The van der Waals surface area contributed by atoms with Crippen molar-refractivity contribution in [2.45, 2.75) is 6.61 Å². The molecule has 31 heavy (non-hydrogen) atoms. The number of amides is 1. The van der Waals surface area contributed by atoms with E-state index in [4.69, 9.17) is 18.9 Å². The fourth-order valence-electron chi connectivity index (χ4n) is 2.67. The fraction of sp³-hybridized carbons (Fsp3) is 0.167. The van der Waals surface area contributed by atoms with E-state index in [1.807, 2.05) is 30.3 Å². The quantitative estimate of drug-likeness (QED) is 0.399. The number of nitrogens with one attached hydrogen (secondary N) is 1. The van der Waals surface area contributed by atoms with Gasteiger partial charge in [-0.3, -0.25) is 4.79 Å². The number of carbonyl (C=O) groups excluding carboxylic acids is 1. The number of nitrogens with zero attached hydrogens (tertiary/aromatic N) is 1. The molecule has 0 aliphatic carbocycles. The molecule has 7 nitrogen and oxygen atoms in total. The van der Waals surface area contributed by atoms with E-state index in [1.54, 1.807) is 56.7 Å². The van der Waals surface area contributed by atoms with E-state index in [9.17, 15) is 4.79 Å². The predicted molar refractivity (Wildman–Crippen MR) is 118 cm³/mol. The molecule has 0 atom stereocenters. The van der Waals surface area contributed by atoms with Gasteiger partial charge in [-0.2, -0.15) is 5.10 Å². The van der Waals surface area contributed by atoms with Crippen molar-refractivity contribution in [2.75, 3.05) is 20.8 Å². The standard InChI is InChI=1S/C24H24N2O5/c1-28-22-13-8-19(14-23(22)29-2)15-25-26-24(27)17-31-21-11-9-20(10-12-21)30-16-18-6-4-3-5-7-18/h3-15H,16-17H2,1-2H3,(H,26,27)/b25-15-. The predicted octanol–water partition coefficient (Wildman–Crippen LogP) is 3.81. The van der Waals surface area contributed by atoms with Crippen molar-refractivity contribution in [3.05, 3.63) is 83.9 Å². The highest BCUT2D eigenvalue weighted by Crippen LogP contribution is 2.26. The summed E-state index contributed by atoms with van der Waals surface area (Å²) in [4.78, 5) is 11.9. The normalized spacial score (nSPS) is 10.5. The Kier molecular flexibility index (Phi) is 7.88. The molecule has 0 aromatic heterocycles. The lowest BCUT2D eigenvalue weighted by Gasteiger charge is -2.08. The third-order valence-electron chi connectivity index (χ3n) is 4.25. The third kappa shape index (κ3) is 6.78. The molecule has 0 heterocycles. The molecule has 0 aliphatic rings. The molecule has 0 spiro atoms. The lowest BCUT2D eigenvalue weighted by molar-refractivity contribution is -0.123. The summed E-state index contributed by atoms with van der Waals surface area (Å²) in [6.45, 7) is 0.328. The molecule has 0 unspecified atom stereocenters. The second-order valence-corrected chi connectivity index (χ2v) is 6.44. The Morgan fingerprint density at radius 1 is 0.871 bits per heavy atom. The van der Waals surface area contributed by atoms with Crippen molar-refractivity contribution in [2.24, 2.45) is 5.10 Å². The Hall–Kier alpha value is -4.00. The van der Waals surface area contributed by atoms with E-state index in [0.29, 0.717) is 23.9 Å². The Labute approximate surface area is 181 Å². The van der Waals surface area contributed by atoms with Crippen LogP contribution in [0.1, 0.15) is 11.1 Å². The van der Waals surface area contributed by atoms with Gasteiger partial charge in [0.05, 0.1) is 20.4 Å². The molecule has 3 rings (SSSR count). The summed E-state index contributed by atoms with van der Waals surface area (Å²) in [5.74, 6) is 2.11. The van der Waals surface area contributed by atoms with Crippen LogP contribution in [0.4, 0.5) is 0 Å². The average molecular weight is 420 g/mol. The maximum Gasteiger partial charge on any atom is 0.277 e. The van der Waals surface area contributed by atoms with Gasteiger partial charge in [-0.25, -0.2) is 5.43 Å². The minimum atomic E-state index is -0.374. The third-order valence-corrected chi connectivity index (χ3v) is 4.25. The first-order chi connectivity index (χ1) is 15.2. The highest BCUT2D eigenvalue weighted by Gasteiger charge is 2.04. The molecule has 0 fully saturated rings. The van der Waals surface area contributed by atoms with Crippen molar-refractivity contribution in [1.29, 1.82) is 0 Å². The van der Waals surface area contributed by atoms with Gasteiger partial charge in [0.25, 0.3) is 5.91 Å². The van der Waals surface area contributed by atoms with Crippen LogP contribution in [0.25, 0.3) is 0 Å². The molecule has 1 amide bonds. The van der Waals surface area contributed by atoms with E-state index in [0.717, 1.165) is 16.9 Å². The number of methoxy groups -OCH3 is 2. The van der Waals surface area contributed by atoms with Crippen LogP contribution in [-0.2, 0) is 11.4 Å². The Morgan fingerprint density at radius 3 is 2.23 bits per heavy atom. The molecular formula is C24H24N2O5. The second kappa shape index (κ2) is 11.3. The number of benzene rings is 3. The van der Waals surface area contributed by atoms with Gasteiger partial charge in [-0.1, -0.05) is 30.3 Å². The summed E-state index contributed by atoms with van der Waals surface area (Å²) in [5.41, 5.74) is 4.27. The number of rotatable bonds is 10. The van der Waals surface area contributed by atoms with Crippen molar-refractivity contribution in [3.8, 4) is 23.0 Å². The van der Waals surface area contributed by atoms with Gasteiger partial charge in [0.1, 0.15) is 18.1 Å². The van der Waals surface area contributed by atoms with Crippen LogP contribution < -0.4 is 24.4 Å². The molecule has 0 saturated carbocycles. The Morgan fingerprint density at radius 2 is 1.55 bits per heavy atom. The molecule has 0 radical (unpaired) electrons. The molecule has 3 aromatic rings. The largest absolute Gasteiger partial charge is 0.493 e. The van der Waals surface area contributed by atoms with Crippen molar-refractivity contribution in [1.82, 2.24) is 5.43 Å². The van der Waals surface area contributed by atoms with Crippen molar-refractivity contribution in [3.63, 3.8) is 0 Å². The average Bonchev–Trinajstić information content (AvgIpc) is 2.82. The molecule has 7 heteroatoms. The number of hydrazone groups is 1. The minimum Gasteiger partial charge on any atom is -0.493 e. The lowest BCUT2D eigenvalue weighted by atomic mass is 10.2. The highest BCUT2D eigenvalue weighted by molar-refractivity contribution is 5.83. The van der Waals surface area contributed by atoms with Crippen molar-refractivity contribution >= 4 is 12.1 Å². The summed E-state index contributed by atoms with van der Waals surface area (Å²) in [6, 6.07) is 22.3. The summed E-state index contributed by atoms with van der Waals surface area (Å²) >= 11 is 0. The first-order valence-electron chi connectivity index (χ1n) is 9.61. The zero-order chi connectivity index (χ0) is 21.9. The summed E-state index contributed by atoms with van der Waals surface area (Å²) in [7, 11) is 3.12. The van der Waals surface area contributed by atoms with Crippen LogP contribution in [0, 0.1) is 0 Å². The number of hydrogen-bond donors (Lipinski definition) is 1. The number of ether oxygens (including phenoxy) is 4. The maximum absolute atomic E-state index is 11.9. The van der Waals surface area contributed by atoms with Crippen LogP contribution in [0.2, 0.25) is 0 Å². The Balaban J connectivity index is 1.42. The summed E-state index contributed by atoms with van der Waals surface area (Å²) in [6.07, 6.45) is 1.51.